The summed E-state index contributed by atoms with van der Waals surface area (Å²) in [5.41, 5.74) is 0.414. The SMILES string of the molecule is COc1cc(C(=O)NCCc2ccco2)cc(Cl)c1OC. The highest BCUT2D eigenvalue weighted by Gasteiger charge is 2.15. The maximum Gasteiger partial charge on any atom is 0.251 e. The molecule has 6 heteroatoms. The topological polar surface area (TPSA) is 60.7 Å². The van der Waals surface area contributed by atoms with E-state index in [-0.39, 0.29) is 5.91 Å². The lowest BCUT2D eigenvalue weighted by molar-refractivity contribution is 0.0953. The number of amides is 1. The number of methoxy groups -OCH3 is 2. The van der Waals surface area contributed by atoms with Gasteiger partial charge in [0, 0.05) is 18.5 Å². The summed E-state index contributed by atoms with van der Waals surface area (Å²) < 4.78 is 15.5. The van der Waals surface area contributed by atoms with E-state index in [1.165, 1.54) is 14.2 Å². The van der Waals surface area contributed by atoms with Gasteiger partial charge < -0.3 is 19.2 Å². The maximum absolute atomic E-state index is 12.1. The van der Waals surface area contributed by atoms with E-state index in [1.807, 2.05) is 12.1 Å². The van der Waals surface area contributed by atoms with Gasteiger partial charge in [-0.25, -0.2) is 0 Å². The van der Waals surface area contributed by atoms with Gasteiger partial charge in [-0.3, -0.25) is 4.79 Å². The fourth-order valence-corrected chi connectivity index (χ4v) is 2.19. The smallest absolute Gasteiger partial charge is 0.251 e. The fourth-order valence-electron chi connectivity index (χ4n) is 1.91. The van der Waals surface area contributed by atoms with E-state index in [1.54, 1.807) is 18.4 Å². The summed E-state index contributed by atoms with van der Waals surface area (Å²) in [6.45, 7) is 0.471. The van der Waals surface area contributed by atoms with Crippen molar-refractivity contribution in [3.8, 4) is 11.5 Å². The minimum atomic E-state index is -0.232. The minimum absolute atomic E-state index is 0.232. The van der Waals surface area contributed by atoms with Crippen LogP contribution in [0, 0.1) is 0 Å². The summed E-state index contributed by atoms with van der Waals surface area (Å²) in [7, 11) is 2.99. The number of benzene rings is 1. The Kier molecular flexibility index (Phi) is 5.11. The van der Waals surface area contributed by atoms with Gasteiger partial charge in [-0.05, 0) is 24.3 Å². The molecule has 21 heavy (non-hydrogen) atoms. The van der Waals surface area contributed by atoms with Gasteiger partial charge >= 0.3 is 0 Å². The molecule has 0 radical (unpaired) electrons. The Hall–Kier alpha value is -2.14. The third-order valence-electron chi connectivity index (χ3n) is 2.93. The predicted molar refractivity (Wildman–Crippen MR) is 79.3 cm³/mol. The first kappa shape index (κ1) is 15.3. The molecule has 0 aliphatic rings. The summed E-state index contributed by atoms with van der Waals surface area (Å²) in [5.74, 6) is 1.41. The molecule has 5 nitrogen and oxygen atoms in total. The van der Waals surface area contributed by atoms with Crippen LogP contribution in [0.4, 0.5) is 0 Å². The molecule has 0 bridgehead atoms. The van der Waals surface area contributed by atoms with Crippen molar-refractivity contribution >= 4 is 17.5 Å². The molecule has 0 saturated heterocycles. The van der Waals surface area contributed by atoms with Gasteiger partial charge in [-0.1, -0.05) is 11.6 Å². The van der Waals surface area contributed by atoms with E-state index in [9.17, 15) is 4.79 Å². The largest absolute Gasteiger partial charge is 0.493 e. The summed E-state index contributed by atoms with van der Waals surface area (Å²) in [6, 6.07) is 6.81. The molecule has 0 aliphatic heterocycles. The molecule has 0 spiro atoms. The molecule has 1 aromatic heterocycles. The van der Waals surface area contributed by atoms with Crippen LogP contribution < -0.4 is 14.8 Å². The zero-order chi connectivity index (χ0) is 15.2. The fraction of sp³-hybridized carbons (Fsp3) is 0.267. The third-order valence-corrected chi connectivity index (χ3v) is 3.21. The maximum atomic E-state index is 12.1. The molecule has 112 valence electrons. The summed E-state index contributed by atoms with van der Waals surface area (Å²) in [4.78, 5) is 12.1. The highest BCUT2D eigenvalue weighted by atomic mass is 35.5. The van der Waals surface area contributed by atoms with Gasteiger partial charge in [-0.2, -0.15) is 0 Å². The van der Waals surface area contributed by atoms with Gasteiger partial charge in [-0.15, -0.1) is 0 Å². The molecule has 1 amide bonds. The number of furan rings is 1. The second kappa shape index (κ2) is 7.04. The number of hydrogen-bond donors (Lipinski definition) is 1. The Bertz CT molecular complexity index is 610. The summed E-state index contributed by atoms with van der Waals surface area (Å²) >= 11 is 6.07. The van der Waals surface area contributed by atoms with E-state index < -0.39 is 0 Å². The van der Waals surface area contributed by atoms with Crippen molar-refractivity contribution in [3.05, 3.63) is 46.9 Å². The van der Waals surface area contributed by atoms with Crippen molar-refractivity contribution in [2.24, 2.45) is 0 Å². The monoisotopic (exact) mass is 309 g/mol. The van der Waals surface area contributed by atoms with Gasteiger partial charge in [0.1, 0.15) is 5.76 Å². The Morgan fingerprint density at radius 3 is 2.76 bits per heavy atom. The lowest BCUT2D eigenvalue weighted by Gasteiger charge is -2.11. The van der Waals surface area contributed by atoms with Crippen molar-refractivity contribution in [2.75, 3.05) is 20.8 Å². The van der Waals surface area contributed by atoms with Gasteiger partial charge in [0.15, 0.2) is 11.5 Å². The first-order valence-electron chi connectivity index (χ1n) is 6.37. The van der Waals surface area contributed by atoms with E-state index in [0.717, 1.165) is 5.76 Å². The van der Waals surface area contributed by atoms with Crippen molar-refractivity contribution in [3.63, 3.8) is 0 Å². The molecule has 1 aromatic carbocycles. The average molecular weight is 310 g/mol. The van der Waals surface area contributed by atoms with E-state index in [2.05, 4.69) is 5.32 Å². The van der Waals surface area contributed by atoms with Crippen molar-refractivity contribution < 1.29 is 18.7 Å². The van der Waals surface area contributed by atoms with Crippen LogP contribution in [0.1, 0.15) is 16.1 Å². The normalized spacial score (nSPS) is 10.2. The van der Waals surface area contributed by atoms with E-state index >= 15 is 0 Å². The molecule has 2 rings (SSSR count). The minimum Gasteiger partial charge on any atom is -0.493 e. The van der Waals surface area contributed by atoms with Crippen LogP contribution in [0.3, 0.4) is 0 Å². The Labute approximate surface area is 127 Å². The van der Waals surface area contributed by atoms with Crippen LogP contribution in [0.15, 0.2) is 34.9 Å². The predicted octanol–water partition coefficient (Wildman–Crippen LogP) is 2.92. The van der Waals surface area contributed by atoms with Gasteiger partial charge in [0.2, 0.25) is 0 Å². The number of ether oxygens (including phenoxy) is 2. The molecule has 0 aliphatic carbocycles. The van der Waals surface area contributed by atoms with Crippen LogP contribution in [0.5, 0.6) is 11.5 Å². The molecule has 1 heterocycles. The van der Waals surface area contributed by atoms with Gasteiger partial charge in [0.05, 0.1) is 25.5 Å². The first-order chi connectivity index (χ1) is 10.2. The number of carbonyl (C=O) groups excluding carboxylic acids is 1. The van der Waals surface area contributed by atoms with Crippen molar-refractivity contribution in [1.82, 2.24) is 5.32 Å². The Balaban J connectivity index is 2.03. The van der Waals surface area contributed by atoms with Crippen LogP contribution in [0.2, 0.25) is 5.02 Å². The summed E-state index contributed by atoms with van der Waals surface area (Å²) in [6.07, 6.45) is 2.23. The second-order valence-electron chi connectivity index (χ2n) is 4.28. The lowest BCUT2D eigenvalue weighted by atomic mass is 10.2. The standard InChI is InChI=1S/C15H16ClNO4/c1-19-13-9-10(8-12(16)14(13)20-2)15(18)17-6-5-11-4-3-7-21-11/h3-4,7-9H,5-6H2,1-2H3,(H,17,18). The molecule has 0 unspecified atom stereocenters. The Morgan fingerprint density at radius 1 is 1.33 bits per heavy atom. The number of nitrogens with one attached hydrogen (secondary N) is 1. The van der Waals surface area contributed by atoms with Crippen LogP contribution in [0.25, 0.3) is 0 Å². The van der Waals surface area contributed by atoms with Crippen molar-refractivity contribution in [2.45, 2.75) is 6.42 Å². The number of carbonyl (C=O) groups is 1. The van der Waals surface area contributed by atoms with E-state index in [0.29, 0.717) is 35.1 Å². The molecule has 0 fully saturated rings. The molecule has 1 N–H and O–H groups in total. The molecule has 0 saturated carbocycles. The number of hydrogen-bond acceptors (Lipinski definition) is 4. The van der Waals surface area contributed by atoms with Gasteiger partial charge in [0.25, 0.3) is 5.91 Å². The molecular formula is C15H16ClNO4. The second-order valence-corrected chi connectivity index (χ2v) is 4.69. The lowest BCUT2D eigenvalue weighted by Crippen LogP contribution is -2.25. The quantitative estimate of drug-likeness (QED) is 0.891. The average Bonchev–Trinajstić information content (AvgIpc) is 2.99. The first-order valence-corrected chi connectivity index (χ1v) is 6.75. The van der Waals surface area contributed by atoms with Crippen LogP contribution in [-0.2, 0) is 6.42 Å². The molecule has 0 atom stereocenters. The Morgan fingerprint density at radius 2 is 2.14 bits per heavy atom. The van der Waals surface area contributed by atoms with E-state index in [4.69, 9.17) is 25.5 Å². The summed E-state index contributed by atoms with van der Waals surface area (Å²) in [5, 5.41) is 3.13. The number of halogens is 1. The molecule has 2 aromatic rings. The highest BCUT2D eigenvalue weighted by Crippen LogP contribution is 2.35. The zero-order valence-electron chi connectivity index (χ0n) is 11.8. The number of rotatable bonds is 6. The molecular weight excluding hydrogens is 294 g/mol. The zero-order valence-corrected chi connectivity index (χ0v) is 12.6. The third kappa shape index (κ3) is 3.70. The highest BCUT2D eigenvalue weighted by molar-refractivity contribution is 6.32. The van der Waals surface area contributed by atoms with Crippen LogP contribution in [-0.4, -0.2) is 26.7 Å². The van der Waals surface area contributed by atoms with Crippen LogP contribution >= 0.6 is 11.6 Å². The van der Waals surface area contributed by atoms with Crippen molar-refractivity contribution in [1.29, 1.82) is 0 Å².